The van der Waals surface area contributed by atoms with E-state index < -0.39 is 0 Å². The Morgan fingerprint density at radius 2 is 1.65 bits per heavy atom. The van der Waals surface area contributed by atoms with E-state index in [1.165, 1.54) is 0 Å². The first-order valence-electron chi connectivity index (χ1n) is 9.77. The Kier molecular flexibility index (Phi) is 4.68. The molecule has 7 heteroatoms. The number of fused-ring (bicyclic) bond motifs is 1. The second-order valence-corrected chi connectivity index (χ2v) is 7.07. The number of rotatable bonds is 5. The second kappa shape index (κ2) is 7.79. The Morgan fingerprint density at radius 1 is 0.871 bits per heavy atom. The van der Waals surface area contributed by atoms with Crippen LogP contribution in [0.15, 0.2) is 73.1 Å². The number of amides is 1. The van der Waals surface area contributed by atoms with Crippen LogP contribution in [-0.2, 0) is 4.79 Å². The number of anilines is 1. The third-order valence-corrected chi connectivity index (χ3v) is 4.97. The normalized spacial score (nSPS) is 10.9. The summed E-state index contributed by atoms with van der Waals surface area (Å²) in [6.45, 7) is 1.96. The van der Waals surface area contributed by atoms with Crippen molar-refractivity contribution in [2.24, 2.45) is 0 Å². The molecule has 0 saturated carbocycles. The first-order chi connectivity index (χ1) is 15.2. The molecule has 0 spiro atoms. The van der Waals surface area contributed by atoms with Crippen molar-refractivity contribution in [3.05, 3.63) is 78.8 Å². The summed E-state index contributed by atoms with van der Waals surface area (Å²) in [5.41, 5.74) is 7.53. The van der Waals surface area contributed by atoms with E-state index >= 15 is 0 Å². The van der Waals surface area contributed by atoms with Crippen molar-refractivity contribution in [3.63, 3.8) is 0 Å². The number of imidazole rings is 1. The van der Waals surface area contributed by atoms with Crippen LogP contribution in [0.3, 0.4) is 0 Å². The van der Waals surface area contributed by atoms with Gasteiger partial charge in [-0.25, -0.2) is 4.98 Å². The topological polar surface area (TPSA) is 96.5 Å². The molecule has 0 aliphatic heterocycles. The summed E-state index contributed by atoms with van der Waals surface area (Å²) in [4.78, 5) is 32.5. The quantitative estimate of drug-likeness (QED) is 0.415. The lowest BCUT2D eigenvalue weighted by Crippen LogP contribution is -1.93. The number of aryl methyl sites for hydroxylation is 1. The molecule has 0 aliphatic carbocycles. The fourth-order valence-electron chi connectivity index (χ4n) is 3.49. The third-order valence-electron chi connectivity index (χ3n) is 4.97. The average molecular weight is 406 g/mol. The molecule has 7 nitrogen and oxygen atoms in total. The molecule has 0 atom stereocenters. The van der Waals surface area contributed by atoms with Gasteiger partial charge in [0.05, 0.1) is 28.1 Å². The van der Waals surface area contributed by atoms with Crippen molar-refractivity contribution in [3.8, 4) is 34.0 Å². The Balaban J connectivity index is 1.67. The van der Waals surface area contributed by atoms with Crippen LogP contribution in [0, 0.1) is 6.92 Å². The molecule has 150 valence electrons. The van der Waals surface area contributed by atoms with E-state index in [1.807, 2.05) is 67.6 Å². The highest BCUT2D eigenvalue weighted by Crippen LogP contribution is 2.33. The smallest absolute Gasteiger partial charge is 0.211 e. The molecule has 0 aliphatic rings. The van der Waals surface area contributed by atoms with Gasteiger partial charge in [0.2, 0.25) is 6.41 Å². The maximum Gasteiger partial charge on any atom is 0.211 e. The molecule has 3 aromatic heterocycles. The van der Waals surface area contributed by atoms with Crippen LogP contribution in [0.4, 0.5) is 5.69 Å². The van der Waals surface area contributed by atoms with E-state index in [1.54, 1.807) is 12.4 Å². The molecule has 2 aromatic carbocycles. The highest BCUT2D eigenvalue weighted by molar-refractivity contribution is 5.86. The van der Waals surface area contributed by atoms with E-state index in [0.717, 1.165) is 50.6 Å². The monoisotopic (exact) mass is 406 g/mol. The molecule has 3 heterocycles. The van der Waals surface area contributed by atoms with Gasteiger partial charge in [0.1, 0.15) is 5.82 Å². The summed E-state index contributed by atoms with van der Waals surface area (Å²) in [6.07, 6.45) is 4.02. The zero-order valence-electron chi connectivity index (χ0n) is 16.7. The van der Waals surface area contributed by atoms with Crippen LogP contribution in [-0.4, -0.2) is 31.3 Å². The highest BCUT2D eigenvalue weighted by atomic mass is 16.1. The minimum Gasteiger partial charge on any atom is -0.336 e. The Morgan fingerprint density at radius 3 is 2.42 bits per heavy atom. The molecule has 5 aromatic rings. The van der Waals surface area contributed by atoms with Gasteiger partial charge in [0.15, 0.2) is 0 Å². The average Bonchev–Trinajstić information content (AvgIpc) is 3.25. The summed E-state index contributed by atoms with van der Waals surface area (Å²) in [7, 11) is 0. The lowest BCUT2D eigenvalue weighted by Gasteiger charge is -2.04. The number of benzene rings is 2. The van der Waals surface area contributed by atoms with Crippen molar-refractivity contribution in [1.82, 2.24) is 24.9 Å². The number of carbonyl (C=O) groups is 1. The number of hydrogen-bond acceptors (Lipinski definition) is 5. The number of nitrogens with one attached hydrogen (secondary N) is 2. The first-order valence-corrected chi connectivity index (χ1v) is 9.77. The van der Waals surface area contributed by atoms with Crippen LogP contribution in [0.25, 0.3) is 45.1 Å². The Bertz CT molecular complexity index is 1390. The Hall–Kier alpha value is -4.39. The maximum absolute atomic E-state index is 10.7. The van der Waals surface area contributed by atoms with E-state index in [9.17, 15) is 4.79 Å². The van der Waals surface area contributed by atoms with E-state index in [-0.39, 0.29) is 0 Å². The molecular weight excluding hydrogens is 388 g/mol. The van der Waals surface area contributed by atoms with E-state index in [2.05, 4.69) is 25.3 Å². The van der Waals surface area contributed by atoms with Gasteiger partial charge >= 0.3 is 0 Å². The summed E-state index contributed by atoms with van der Waals surface area (Å²) >= 11 is 0. The van der Waals surface area contributed by atoms with Crippen LogP contribution >= 0.6 is 0 Å². The van der Waals surface area contributed by atoms with Gasteiger partial charge in [-0.15, -0.1) is 0 Å². The molecule has 0 saturated heterocycles. The summed E-state index contributed by atoms with van der Waals surface area (Å²) < 4.78 is 0. The predicted octanol–water partition coefficient (Wildman–Crippen LogP) is 4.63. The van der Waals surface area contributed by atoms with Crippen LogP contribution in [0.2, 0.25) is 0 Å². The lowest BCUT2D eigenvalue weighted by atomic mass is 10.1. The third kappa shape index (κ3) is 3.64. The number of H-pyrrole nitrogens is 1. The minimum absolute atomic E-state index is 0.657. The molecule has 0 fully saturated rings. The van der Waals surface area contributed by atoms with Crippen LogP contribution < -0.4 is 5.32 Å². The van der Waals surface area contributed by atoms with Gasteiger partial charge in [-0.1, -0.05) is 12.1 Å². The largest absolute Gasteiger partial charge is 0.336 e. The minimum atomic E-state index is 0.657. The maximum atomic E-state index is 10.7. The number of aromatic nitrogens is 5. The molecule has 2 N–H and O–H groups in total. The van der Waals surface area contributed by atoms with Crippen LogP contribution in [0.1, 0.15) is 5.69 Å². The standard InChI is InChI=1S/C24H18N6O/c1-15-3-2-4-20(28-15)23-22(17-7-10-19-21(13-17)26-12-11-25-19)29-24(30-23)16-5-8-18(9-6-16)27-14-31/h2-14H,1H3,(H,27,31)(H,29,30). The molecule has 5 rings (SSSR count). The molecule has 0 unspecified atom stereocenters. The fourth-order valence-corrected chi connectivity index (χ4v) is 3.49. The zero-order chi connectivity index (χ0) is 21.2. The zero-order valence-corrected chi connectivity index (χ0v) is 16.7. The van der Waals surface area contributed by atoms with Crippen LogP contribution in [0.5, 0.6) is 0 Å². The number of nitrogens with zero attached hydrogens (tertiary/aromatic N) is 4. The van der Waals surface area contributed by atoms with Gasteiger partial charge in [-0.05, 0) is 55.5 Å². The fraction of sp³-hybridized carbons (Fsp3) is 0.0417. The SMILES string of the molecule is Cc1cccc(-c2[nH]c(-c3ccc(NC=O)cc3)nc2-c2ccc3nccnc3c2)n1. The van der Waals surface area contributed by atoms with E-state index in [4.69, 9.17) is 4.98 Å². The molecule has 1 amide bonds. The summed E-state index contributed by atoms with van der Waals surface area (Å²) in [6, 6.07) is 19.3. The molecule has 0 radical (unpaired) electrons. The molecule has 0 bridgehead atoms. The van der Waals surface area contributed by atoms with Crippen molar-refractivity contribution in [2.75, 3.05) is 5.32 Å². The van der Waals surface area contributed by atoms with Crippen molar-refractivity contribution >= 4 is 23.1 Å². The van der Waals surface area contributed by atoms with Gasteiger partial charge in [0, 0.05) is 34.9 Å². The van der Waals surface area contributed by atoms with E-state index in [0.29, 0.717) is 12.2 Å². The van der Waals surface area contributed by atoms with Crippen molar-refractivity contribution in [2.45, 2.75) is 6.92 Å². The number of aromatic amines is 1. The number of pyridine rings is 1. The summed E-state index contributed by atoms with van der Waals surface area (Å²) in [5.74, 6) is 0.713. The second-order valence-electron chi connectivity index (χ2n) is 7.07. The van der Waals surface area contributed by atoms with Gasteiger partial charge in [-0.2, -0.15) is 0 Å². The molecular formula is C24H18N6O. The first kappa shape index (κ1) is 18.6. The van der Waals surface area contributed by atoms with Gasteiger partial charge < -0.3 is 10.3 Å². The highest BCUT2D eigenvalue weighted by Gasteiger charge is 2.17. The van der Waals surface area contributed by atoms with Gasteiger partial charge in [-0.3, -0.25) is 19.7 Å². The van der Waals surface area contributed by atoms with Crippen molar-refractivity contribution < 1.29 is 4.79 Å². The molecule has 31 heavy (non-hydrogen) atoms. The number of hydrogen-bond donors (Lipinski definition) is 2. The number of carbonyl (C=O) groups excluding carboxylic acids is 1. The summed E-state index contributed by atoms with van der Waals surface area (Å²) in [5, 5.41) is 2.64. The van der Waals surface area contributed by atoms with Gasteiger partial charge in [0.25, 0.3) is 0 Å². The predicted molar refractivity (Wildman–Crippen MR) is 120 cm³/mol. The Labute approximate surface area is 178 Å². The van der Waals surface area contributed by atoms with Crippen molar-refractivity contribution in [1.29, 1.82) is 0 Å². The lowest BCUT2D eigenvalue weighted by molar-refractivity contribution is -0.105.